The van der Waals surface area contributed by atoms with E-state index in [2.05, 4.69) is 10.4 Å². The van der Waals surface area contributed by atoms with Crippen molar-refractivity contribution in [3.8, 4) is 17.2 Å². The van der Waals surface area contributed by atoms with Gasteiger partial charge in [-0.2, -0.15) is 18.8 Å². The van der Waals surface area contributed by atoms with Crippen LogP contribution in [0.2, 0.25) is 0 Å². The van der Waals surface area contributed by atoms with E-state index in [1.54, 1.807) is 28.9 Å². The minimum atomic E-state index is -4.31. The van der Waals surface area contributed by atoms with Gasteiger partial charge in [-0.3, -0.25) is 4.68 Å². The van der Waals surface area contributed by atoms with Crippen molar-refractivity contribution in [2.45, 2.75) is 51.2 Å². The predicted octanol–water partition coefficient (Wildman–Crippen LogP) is 5.33. The van der Waals surface area contributed by atoms with Crippen LogP contribution in [0.25, 0.3) is 11.1 Å². The summed E-state index contributed by atoms with van der Waals surface area (Å²) in [6, 6.07) is 11.4. The van der Waals surface area contributed by atoms with E-state index in [1.807, 2.05) is 57.5 Å². The number of sulfonamides is 1. The predicted molar refractivity (Wildman–Crippen MR) is 144 cm³/mol. The van der Waals surface area contributed by atoms with Crippen LogP contribution in [0, 0.1) is 17.1 Å². The van der Waals surface area contributed by atoms with Crippen LogP contribution in [0.1, 0.15) is 59.3 Å². The molecule has 2 aromatic carbocycles. The number of rotatable bonds is 8. The zero-order chi connectivity index (χ0) is 27.5. The van der Waals surface area contributed by atoms with Gasteiger partial charge in [0.2, 0.25) is 0 Å². The highest BCUT2D eigenvalue weighted by Crippen LogP contribution is 2.36. The second-order valence-corrected chi connectivity index (χ2v) is 11.2. The van der Waals surface area contributed by atoms with Crippen LogP contribution in [0.5, 0.6) is 0 Å². The number of amides is 2. The van der Waals surface area contributed by atoms with Gasteiger partial charge in [0.15, 0.2) is 5.03 Å². The molecule has 1 aromatic heterocycles. The lowest BCUT2D eigenvalue weighted by atomic mass is 9.93. The summed E-state index contributed by atoms with van der Waals surface area (Å²) in [6.45, 7) is 7.89. The molecule has 37 heavy (non-hydrogen) atoms. The van der Waals surface area contributed by atoms with Crippen molar-refractivity contribution in [3.05, 3.63) is 65.1 Å². The smallest absolute Gasteiger partial charge is 0.306 e. The highest BCUT2D eigenvalue weighted by atomic mass is 32.2. The summed E-state index contributed by atoms with van der Waals surface area (Å²) >= 11 is 0. The summed E-state index contributed by atoms with van der Waals surface area (Å²) in [5.41, 5.74) is 2.59. The van der Waals surface area contributed by atoms with Gasteiger partial charge in [-0.1, -0.05) is 26.0 Å². The zero-order valence-electron chi connectivity index (χ0n) is 21.7. The molecule has 0 unspecified atom stereocenters. The van der Waals surface area contributed by atoms with E-state index in [-0.39, 0.29) is 25.5 Å². The molecule has 3 aromatic rings. The second-order valence-electron chi connectivity index (χ2n) is 9.57. The summed E-state index contributed by atoms with van der Waals surface area (Å²) in [5.74, 6) is -0.719. The Morgan fingerprint density at radius 2 is 1.89 bits per heavy atom. The summed E-state index contributed by atoms with van der Waals surface area (Å²) in [5, 5.41) is 15.8. The molecule has 0 radical (unpaired) electrons. The van der Waals surface area contributed by atoms with Gasteiger partial charge in [-0.05, 0) is 69.3 Å². The topological polar surface area (TPSA) is 120 Å². The minimum absolute atomic E-state index is 0. The maximum absolute atomic E-state index is 14.6. The largest absolute Gasteiger partial charge is 0.333 e. The fourth-order valence-corrected chi connectivity index (χ4v) is 4.83. The zero-order valence-corrected chi connectivity index (χ0v) is 22.5. The number of aromatic nitrogens is 2. The molecule has 0 aliphatic rings. The molecule has 0 fully saturated rings. The molecule has 0 saturated carbocycles. The number of hydrogen-bond donors (Lipinski definition) is 2. The monoisotopic (exact) mass is 530 g/mol. The third-order valence-corrected chi connectivity index (χ3v) is 6.76. The Balaban J connectivity index is 0.00000380. The number of anilines is 1. The second kappa shape index (κ2) is 11.1. The molecule has 0 saturated heterocycles. The molecular weight excluding hydrogens is 495 g/mol. The molecule has 0 spiro atoms. The molecule has 0 aliphatic heterocycles. The first kappa shape index (κ1) is 27.8. The van der Waals surface area contributed by atoms with Crippen LogP contribution in [0.3, 0.4) is 0 Å². The molecule has 0 atom stereocenters. The first-order valence-electron chi connectivity index (χ1n) is 11.7. The van der Waals surface area contributed by atoms with Gasteiger partial charge in [-0.25, -0.2) is 13.9 Å². The summed E-state index contributed by atoms with van der Waals surface area (Å²) < 4.78 is 44.3. The van der Waals surface area contributed by atoms with Gasteiger partial charge >= 0.3 is 6.03 Å². The molecule has 11 heteroatoms. The van der Waals surface area contributed by atoms with Crippen LogP contribution in [0.4, 0.5) is 14.9 Å². The van der Waals surface area contributed by atoms with Crippen molar-refractivity contribution in [3.63, 3.8) is 0 Å². The van der Waals surface area contributed by atoms with Gasteiger partial charge in [0.05, 0.1) is 23.0 Å². The summed E-state index contributed by atoms with van der Waals surface area (Å²) in [4.78, 5) is 14.9. The highest BCUT2D eigenvalue weighted by molar-refractivity contribution is 7.90. The van der Waals surface area contributed by atoms with Crippen LogP contribution < -0.4 is 10.0 Å². The van der Waals surface area contributed by atoms with E-state index in [0.29, 0.717) is 34.5 Å². The molecule has 0 bridgehead atoms. The lowest BCUT2D eigenvalue weighted by Gasteiger charge is -2.19. The lowest BCUT2D eigenvalue weighted by molar-refractivity contribution is 0.256. The van der Waals surface area contributed by atoms with Crippen LogP contribution in [-0.2, 0) is 16.6 Å². The Morgan fingerprint density at radius 1 is 1.19 bits per heavy atom. The van der Waals surface area contributed by atoms with E-state index >= 15 is 0 Å². The maximum Gasteiger partial charge on any atom is 0.333 e. The molecule has 2 amide bonds. The van der Waals surface area contributed by atoms with Gasteiger partial charge in [0.25, 0.3) is 10.0 Å². The molecule has 2 N–H and O–H groups in total. The number of carbonyl (C=O) groups excluding carboxylic acids is 1. The number of urea groups is 1. The number of carbonyl (C=O) groups is 1. The number of halogens is 1. The van der Waals surface area contributed by atoms with E-state index in [1.165, 1.54) is 18.2 Å². The normalized spacial score (nSPS) is 11.7. The Bertz CT molecular complexity index is 1470. The first-order valence-corrected chi connectivity index (χ1v) is 13.2. The molecule has 3 rings (SSSR count). The van der Waals surface area contributed by atoms with Crippen molar-refractivity contribution in [2.75, 3.05) is 19.4 Å². The third kappa shape index (κ3) is 6.53. The van der Waals surface area contributed by atoms with Crippen LogP contribution in [0.15, 0.2) is 47.5 Å². The molecular formula is C26H35FN6O3S. The van der Waals surface area contributed by atoms with Gasteiger partial charge in [-0.15, -0.1) is 0 Å². The van der Waals surface area contributed by atoms with Gasteiger partial charge in [0.1, 0.15) is 5.82 Å². The molecule has 1 heterocycles. The SMILES string of the molecule is CC(C)c1cc(F)cc(-c2cccc(C#N)c2)c1NC(=O)NS(=O)(=O)c1cc(CN(C)C)n(C(C)C)n1.[HH].[HH]. The van der Waals surface area contributed by atoms with E-state index in [9.17, 15) is 22.9 Å². The highest BCUT2D eigenvalue weighted by Gasteiger charge is 2.25. The van der Waals surface area contributed by atoms with Crippen molar-refractivity contribution in [2.24, 2.45) is 0 Å². The van der Waals surface area contributed by atoms with Crippen molar-refractivity contribution >= 4 is 21.7 Å². The average Bonchev–Trinajstić information content (AvgIpc) is 3.24. The lowest BCUT2D eigenvalue weighted by Crippen LogP contribution is -2.35. The first-order chi connectivity index (χ1) is 17.3. The summed E-state index contributed by atoms with van der Waals surface area (Å²) in [6.07, 6.45) is 0. The number of nitriles is 1. The van der Waals surface area contributed by atoms with Gasteiger partial charge in [0, 0.05) is 27.1 Å². The fraction of sp³-hybridized carbons (Fsp3) is 0.346. The van der Waals surface area contributed by atoms with E-state index in [4.69, 9.17) is 0 Å². The van der Waals surface area contributed by atoms with E-state index in [0.717, 1.165) is 0 Å². The standard InChI is InChI=1S/C26H31FN6O3S.2H2/c1-16(2)22-11-20(27)12-23(19-9-7-8-18(10-19)14-28)25(22)29-26(34)31-37(35,36)24-13-21(15-32(5)6)33(30-24)17(3)4;;/h7-13,16-17H,15H2,1-6H3,(H2,29,31,34);2*1H. The fourth-order valence-electron chi connectivity index (χ4n) is 3.95. The number of nitrogens with one attached hydrogen (secondary N) is 2. The number of nitrogens with zero attached hydrogens (tertiary/aromatic N) is 4. The minimum Gasteiger partial charge on any atom is -0.306 e. The number of hydrogen-bond acceptors (Lipinski definition) is 6. The Hall–Kier alpha value is -3.75. The number of benzene rings is 2. The molecule has 9 nitrogen and oxygen atoms in total. The maximum atomic E-state index is 14.6. The summed E-state index contributed by atoms with van der Waals surface area (Å²) in [7, 11) is -0.594. The molecule has 0 aliphatic carbocycles. The van der Waals surface area contributed by atoms with Crippen LogP contribution in [-0.4, -0.2) is 43.2 Å². The van der Waals surface area contributed by atoms with Gasteiger partial charge < -0.3 is 10.2 Å². The average molecular weight is 531 g/mol. The Morgan fingerprint density at radius 3 is 2.49 bits per heavy atom. The quantitative estimate of drug-likeness (QED) is 0.406. The molecule has 200 valence electrons. The van der Waals surface area contributed by atoms with Crippen molar-refractivity contribution in [1.82, 2.24) is 19.4 Å². The third-order valence-electron chi connectivity index (χ3n) is 5.56. The van der Waals surface area contributed by atoms with E-state index < -0.39 is 21.9 Å². The Labute approximate surface area is 219 Å². The Kier molecular flexibility index (Phi) is 8.35. The van der Waals surface area contributed by atoms with Crippen molar-refractivity contribution < 1.29 is 20.5 Å². The van der Waals surface area contributed by atoms with Crippen LogP contribution >= 0.6 is 0 Å². The van der Waals surface area contributed by atoms with Crippen molar-refractivity contribution in [1.29, 1.82) is 5.26 Å².